The topological polar surface area (TPSA) is 127 Å². The van der Waals surface area contributed by atoms with E-state index in [1.54, 1.807) is 0 Å². The molecule has 8 heteroatoms. The molecule has 1 aliphatic rings. The van der Waals surface area contributed by atoms with E-state index in [9.17, 15) is 29.7 Å². The largest absolute Gasteiger partial charge is 0.505 e. The summed E-state index contributed by atoms with van der Waals surface area (Å²) in [5.41, 5.74) is 3.44. The molecule has 0 fully saturated rings. The van der Waals surface area contributed by atoms with E-state index in [0.29, 0.717) is 37.1 Å². The molecule has 4 N–H and O–H groups in total. The van der Waals surface area contributed by atoms with Gasteiger partial charge in [-0.15, -0.1) is 0 Å². The number of aliphatic hydroxyl groups is 2. The summed E-state index contributed by atoms with van der Waals surface area (Å²) in [4.78, 5) is 39.4. The van der Waals surface area contributed by atoms with Crippen LogP contribution in [0.5, 0.6) is 5.75 Å². The minimum absolute atomic E-state index is 0.0586. The monoisotopic (exact) mass is 510 g/mol. The third kappa shape index (κ3) is 6.96. The highest BCUT2D eigenvalue weighted by atomic mass is 16.3. The number of hydrogen-bond donors (Lipinski definition) is 4. The highest BCUT2D eigenvalue weighted by molar-refractivity contribution is 6.04. The van der Waals surface area contributed by atoms with E-state index in [4.69, 9.17) is 0 Å². The number of carbonyl (C=O) groups excluding carboxylic acids is 3. The van der Waals surface area contributed by atoms with Gasteiger partial charge in [-0.25, -0.2) is 0 Å². The van der Waals surface area contributed by atoms with Gasteiger partial charge < -0.3 is 25.5 Å². The molecule has 0 saturated carbocycles. The summed E-state index contributed by atoms with van der Waals surface area (Å²) < 4.78 is 0. The fraction of sp³-hybridized carbons (Fsp3) is 0.483. The number of phenolic OH excluding ortho intramolecular Hbond substituents is 1. The third-order valence-electron chi connectivity index (χ3n) is 7.18. The highest BCUT2D eigenvalue weighted by Gasteiger charge is 2.36. The van der Waals surface area contributed by atoms with Crippen molar-refractivity contribution < 1.29 is 29.7 Å². The predicted molar refractivity (Wildman–Crippen MR) is 143 cm³/mol. The summed E-state index contributed by atoms with van der Waals surface area (Å²) in [7, 11) is 3.77. The van der Waals surface area contributed by atoms with Crippen molar-refractivity contribution in [1.82, 2.24) is 0 Å². The van der Waals surface area contributed by atoms with Crippen LogP contribution in [0.1, 0.15) is 54.1 Å². The first-order chi connectivity index (χ1) is 17.7. The molecule has 3 unspecified atom stereocenters. The Bertz CT molecular complexity index is 1120. The van der Waals surface area contributed by atoms with Gasteiger partial charge in [0.2, 0.25) is 0 Å². The lowest BCUT2D eigenvalue weighted by Gasteiger charge is -2.33. The summed E-state index contributed by atoms with van der Waals surface area (Å²) in [6.07, 6.45) is 1.19. The lowest BCUT2D eigenvalue weighted by molar-refractivity contribution is -0.131. The van der Waals surface area contributed by atoms with Crippen LogP contribution in [0.25, 0.3) is 0 Å². The van der Waals surface area contributed by atoms with E-state index in [-0.39, 0.29) is 54.4 Å². The fourth-order valence-electron chi connectivity index (χ4n) is 5.39. The van der Waals surface area contributed by atoms with Crippen molar-refractivity contribution in [3.05, 3.63) is 53.1 Å². The number of Topliss-reactive ketones (excluding diaryl/α,β-unsaturated/α-hetero) is 3. The minimum atomic E-state index is -0.765. The van der Waals surface area contributed by atoms with Crippen molar-refractivity contribution in [3.8, 4) is 5.75 Å². The summed E-state index contributed by atoms with van der Waals surface area (Å²) in [5, 5.41) is 33.9. The lowest BCUT2D eigenvalue weighted by Crippen LogP contribution is -2.33. The van der Waals surface area contributed by atoms with Crippen LogP contribution in [0.2, 0.25) is 0 Å². The maximum atomic E-state index is 13.4. The van der Waals surface area contributed by atoms with Gasteiger partial charge in [-0.05, 0) is 55.2 Å². The number of ketones is 3. The van der Waals surface area contributed by atoms with Gasteiger partial charge in [-0.2, -0.15) is 0 Å². The molecule has 0 spiro atoms. The zero-order chi connectivity index (χ0) is 27.1. The van der Waals surface area contributed by atoms with Crippen LogP contribution in [-0.2, 0) is 22.6 Å². The normalized spacial score (nSPS) is 16.6. The molecule has 200 valence electrons. The van der Waals surface area contributed by atoms with Gasteiger partial charge in [-0.1, -0.05) is 30.3 Å². The van der Waals surface area contributed by atoms with Crippen molar-refractivity contribution >= 4 is 28.7 Å². The van der Waals surface area contributed by atoms with Crippen LogP contribution in [0, 0.1) is 17.8 Å². The van der Waals surface area contributed by atoms with E-state index in [0.717, 1.165) is 16.8 Å². The minimum Gasteiger partial charge on any atom is -0.505 e. The zero-order valence-corrected chi connectivity index (χ0v) is 21.9. The summed E-state index contributed by atoms with van der Waals surface area (Å²) in [5.74, 6) is -2.09. The first-order valence-corrected chi connectivity index (χ1v) is 12.8. The Labute approximate surface area is 218 Å². The molecule has 0 heterocycles. The standard InChI is InChI=1S/C29H38N2O6/c1-18(34)11-26(35)23(17-33)21(9-10-32)12-20-13-22-25(31(2)3)15-24(29(37)28(22)27(36)14-20)30-16-19-7-5-4-6-8-19/h4-8,15,20-21,23,30,32-33,37H,9-14,16-17H2,1-3H3. The Morgan fingerprint density at radius 3 is 2.43 bits per heavy atom. The molecule has 1 aliphatic carbocycles. The van der Waals surface area contributed by atoms with E-state index >= 15 is 0 Å². The fourth-order valence-corrected chi connectivity index (χ4v) is 5.39. The molecule has 0 radical (unpaired) electrons. The van der Waals surface area contributed by atoms with E-state index in [1.165, 1.54) is 6.92 Å². The molecule has 37 heavy (non-hydrogen) atoms. The highest BCUT2D eigenvalue weighted by Crippen LogP contribution is 2.44. The van der Waals surface area contributed by atoms with Gasteiger partial charge in [0.1, 0.15) is 17.3 Å². The number of nitrogens with one attached hydrogen (secondary N) is 1. The molecule has 0 amide bonds. The number of aromatic hydroxyl groups is 1. The average molecular weight is 511 g/mol. The van der Waals surface area contributed by atoms with Crippen LogP contribution in [0.3, 0.4) is 0 Å². The van der Waals surface area contributed by atoms with Gasteiger partial charge >= 0.3 is 0 Å². The third-order valence-corrected chi connectivity index (χ3v) is 7.18. The Balaban J connectivity index is 1.88. The molecule has 3 atom stereocenters. The average Bonchev–Trinajstić information content (AvgIpc) is 2.84. The molecule has 0 saturated heterocycles. The van der Waals surface area contributed by atoms with Gasteiger partial charge in [0.05, 0.1) is 24.3 Å². The first-order valence-electron chi connectivity index (χ1n) is 12.8. The number of aliphatic hydroxyl groups excluding tert-OH is 2. The Kier molecular flexibility index (Phi) is 9.83. The van der Waals surface area contributed by atoms with Gasteiger partial charge in [0.15, 0.2) is 5.78 Å². The lowest BCUT2D eigenvalue weighted by atomic mass is 9.73. The molecule has 2 aromatic carbocycles. The molecule has 2 aromatic rings. The number of rotatable bonds is 13. The van der Waals surface area contributed by atoms with Crippen molar-refractivity contribution in [3.63, 3.8) is 0 Å². The van der Waals surface area contributed by atoms with Crippen LogP contribution >= 0.6 is 0 Å². The molecule has 0 aliphatic heterocycles. The predicted octanol–water partition coefficient (Wildman–Crippen LogP) is 3.36. The smallest absolute Gasteiger partial charge is 0.167 e. The second kappa shape index (κ2) is 12.8. The summed E-state index contributed by atoms with van der Waals surface area (Å²) in [6, 6.07) is 11.6. The van der Waals surface area contributed by atoms with E-state index in [1.807, 2.05) is 55.4 Å². The SMILES string of the molecule is CC(=O)CC(=O)C(CO)C(CCO)CC1CC(=O)c2c(O)c(NCc3ccccc3)cc(N(C)C)c2C1. The Hall–Kier alpha value is -3.23. The quantitative estimate of drug-likeness (QED) is 0.239. The molecule has 3 rings (SSSR count). The summed E-state index contributed by atoms with van der Waals surface area (Å²) in [6.45, 7) is 1.26. The van der Waals surface area contributed by atoms with Crippen molar-refractivity contribution in [1.29, 1.82) is 0 Å². The number of anilines is 2. The maximum absolute atomic E-state index is 13.4. The van der Waals surface area contributed by atoms with Crippen molar-refractivity contribution in [2.75, 3.05) is 37.5 Å². The Morgan fingerprint density at radius 2 is 1.84 bits per heavy atom. The van der Waals surface area contributed by atoms with Gasteiger partial charge in [-0.3, -0.25) is 14.4 Å². The van der Waals surface area contributed by atoms with Crippen molar-refractivity contribution in [2.24, 2.45) is 17.8 Å². The number of benzene rings is 2. The number of carbonyl (C=O) groups is 3. The first kappa shape index (κ1) is 28.3. The van der Waals surface area contributed by atoms with Crippen LogP contribution in [0.15, 0.2) is 36.4 Å². The van der Waals surface area contributed by atoms with E-state index in [2.05, 4.69) is 5.32 Å². The Morgan fingerprint density at radius 1 is 1.14 bits per heavy atom. The van der Waals surface area contributed by atoms with Crippen LogP contribution in [-0.4, -0.2) is 60.0 Å². The number of phenols is 1. The van der Waals surface area contributed by atoms with E-state index < -0.39 is 12.5 Å². The van der Waals surface area contributed by atoms with Crippen LogP contribution < -0.4 is 10.2 Å². The molecule has 0 aromatic heterocycles. The maximum Gasteiger partial charge on any atom is 0.167 e. The second-order valence-corrected chi connectivity index (χ2v) is 10.2. The van der Waals surface area contributed by atoms with Crippen LogP contribution in [0.4, 0.5) is 11.4 Å². The summed E-state index contributed by atoms with van der Waals surface area (Å²) >= 11 is 0. The van der Waals surface area contributed by atoms with Gasteiger partial charge in [0, 0.05) is 45.3 Å². The number of hydrogen-bond acceptors (Lipinski definition) is 8. The number of fused-ring (bicyclic) bond motifs is 1. The molecular formula is C29H38N2O6. The van der Waals surface area contributed by atoms with Gasteiger partial charge in [0.25, 0.3) is 0 Å². The number of nitrogens with zero attached hydrogens (tertiary/aromatic N) is 1. The van der Waals surface area contributed by atoms with Crippen molar-refractivity contribution in [2.45, 2.75) is 45.6 Å². The second-order valence-electron chi connectivity index (χ2n) is 10.2. The zero-order valence-electron chi connectivity index (χ0n) is 21.9. The molecule has 0 bridgehead atoms. The molecular weight excluding hydrogens is 472 g/mol. The molecule has 8 nitrogen and oxygen atoms in total.